The Bertz CT molecular complexity index is 1030. The van der Waals surface area contributed by atoms with E-state index < -0.39 is 41.2 Å². The monoisotopic (exact) mass is 569 g/mol. The molecule has 0 unspecified atom stereocenters. The van der Waals surface area contributed by atoms with Crippen LogP contribution in [0.25, 0.3) is 0 Å². The Kier molecular flexibility index (Phi) is 12.7. The van der Waals surface area contributed by atoms with Gasteiger partial charge in [0.1, 0.15) is 22.8 Å². The van der Waals surface area contributed by atoms with Crippen molar-refractivity contribution >= 4 is 24.4 Å². The largest absolute Gasteiger partial charge is 0.514 e. The first kappa shape index (κ1) is 34.5. The predicted molar refractivity (Wildman–Crippen MR) is 144 cm³/mol. The van der Waals surface area contributed by atoms with E-state index in [1.807, 2.05) is 6.92 Å². The molecule has 40 heavy (non-hydrogen) atoms. The highest BCUT2D eigenvalue weighted by atomic mass is 16.8. The number of hydrogen-bond donors (Lipinski definition) is 1. The fourth-order valence-electron chi connectivity index (χ4n) is 3.36. The van der Waals surface area contributed by atoms with E-state index in [1.54, 1.807) is 48.5 Å². The maximum Gasteiger partial charge on any atom is 0.514 e. The van der Waals surface area contributed by atoms with E-state index in [2.05, 4.69) is 0 Å². The van der Waals surface area contributed by atoms with Crippen LogP contribution in [0.4, 0.5) is 14.4 Å². The molecule has 0 aromatic heterocycles. The standard InChI is InChI=1S/C28H43NO11/c1-10-11-18(2)36-23(31)35-15-14-28(29,22(30)34-9)17-19-12-13-20(37-24(32)39-26(3,4)5)21(16-19)38-25(33)40-27(6,7)8/h12-13,16,18H,10-11,14-15,17,29H2,1-9H3/t18-,28+/m0/s1. The Morgan fingerprint density at radius 2 is 1.43 bits per heavy atom. The van der Waals surface area contributed by atoms with Crippen molar-refractivity contribution < 1.29 is 52.3 Å². The lowest BCUT2D eigenvalue weighted by molar-refractivity contribution is -0.147. The molecule has 12 nitrogen and oxygen atoms in total. The zero-order valence-corrected chi connectivity index (χ0v) is 24.9. The van der Waals surface area contributed by atoms with Crippen LogP contribution >= 0.6 is 0 Å². The van der Waals surface area contributed by atoms with Gasteiger partial charge in [-0.2, -0.15) is 0 Å². The van der Waals surface area contributed by atoms with E-state index in [4.69, 9.17) is 38.9 Å². The van der Waals surface area contributed by atoms with Gasteiger partial charge in [0.15, 0.2) is 11.5 Å². The third-order valence-corrected chi connectivity index (χ3v) is 5.05. The number of methoxy groups -OCH3 is 1. The normalized spacial score (nSPS) is 13.8. The zero-order valence-electron chi connectivity index (χ0n) is 24.9. The van der Waals surface area contributed by atoms with Gasteiger partial charge in [-0.05, 0) is 72.6 Å². The molecule has 0 heterocycles. The number of ether oxygens (including phenoxy) is 7. The van der Waals surface area contributed by atoms with Gasteiger partial charge >= 0.3 is 24.4 Å². The first-order valence-corrected chi connectivity index (χ1v) is 13.0. The van der Waals surface area contributed by atoms with Crippen LogP contribution in [0.1, 0.15) is 80.2 Å². The number of esters is 1. The van der Waals surface area contributed by atoms with E-state index in [1.165, 1.54) is 25.3 Å². The molecule has 2 N–H and O–H groups in total. The number of rotatable bonds is 11. The van der Waals surface area contributed by atoms with E-state index >= 15 is 0 Å². The summed E-state index contributed by atoms with van der Waals surface area (Å²) in [5.41, 5.74) is 3.51. The number of carbonyl (C=O) groups is 4. The van der Waals surface area contributed by atoms with Crippen molar-refractivity contribution in [1.82, 2.24) is 0 Å². The summed E-state index contributed by atoms with van der Waals surface area (Å²) in [6.45, 7) is 13.5. The van der Waals surface area contributed by atoms with Crippen molar-refractivity contribution in [3.63, 3.8) is 0 Å². The van der Waals surface area contributed by atoms with Crippen LogP contribution in [0.5, 0.6) is 11.5 Å². The van der Waals surface area contributed by atoms with Crippen molar-refractivity contribution in [2.75, 3.05) is 13.7 Å². The van der Waals surface area contributed by atoms with Gasteiger partial charge in [-0.25, -0.2) is 14.4 Å². The molecule has 1 aromatic carbocycles. The minimum Gasteiger partial charge on any atom is -0.468 e. The van der Waals surface area contributed by atoms with Crippen molar-refractivity contribution in [3.8, 4) is 11.5 Å². The molecule has 0 bridgehead atoms. The second-order valence-electron chi connectivity index (χ2n) is 11.3. The van der Waals surface area contributed by atoms with E-state index in [-0.39, 0.29) is 37.1 Å². The molecule has 12 heteroatoms. The van der Waals surface area contributed by atoms with Crippen LogP contribution in [0, 0.1) is 0 Å². The maximum atomic E-state index is 12.6. The first-order chi connectivity index (χ1) is 18.4. The maximum absolute atomic E-state index is 12.6. The second-order valence-corrected chi connectivity index (χ2v) is 11.3. The van der Waals surface area contributed by atoms with Gasteiger partial charge in [-0.1, -0.05) is 19.4 Å². The molecule has 0 spiro atoms. The molecule has 0 aliphatic heterocycles. The molecule has 0 saturated heterocycles. The highest BCUT2D eigenvalue weighted by molar-refractivity contribution is 5.81. The average Bonchev–Trinajstić information content (AvgIpc) is 2.77. The zero-order chi connectivity index (χ0) is 30.7. The van der Waals surface area contributed by atoms with Crippen LogP contribution in [0.2, 0.25) is 0 Å². The summed E-state index contributed by atoms with van der Waals surface area (Å²) in [6.07, 6.45) is -1.94. The van der Waals surface area contributed by atoms with Crippen LogP contribution in [-0.2, 0) is 34.9 Å². The highest BCUT2D eigenvalue weighted by Gasteiger charge is 2.36. The highest BCUT2D eigenvalue weighted by Crippen LogP contribution is 2.32. The fraction of sp³-hybridized carbons (Fsp3) is 0.643. The molecule has 0 fully saturated rings. The Morgan fingerprint density at radius 1 is 0.875 bits per heavy atom. The van der Waals surface area contributed by atoms with Gasteiger partial charge in [0.2, 0.25) is 0 Å². The summed E-state index contributed by atoms with van der Waals surface area (Å²) in [5.74, 6) is -1.06. The predicted octanol–water partition coefficient (Wildman–Crippen LogP) is 5.46. The Balaban J connectivity index is 3.17. The lowest BCUT2D eigenvalue weighted by Crippen LogP contribution is -2.51. The number of hydrogen-bond acceptors (Lipinski definition) is 12. The van der Waals surface area contributed by atoms with Crippen LogP contribution in [0.3, 0.4) is 0 Å². The van der Waals surface area contributed by atoms with Gasteiger partial charge in [0, 0.05) is 12.8 Å². The van der Waals surface area contributed by atoms with Gasteiger partial charge in [0.25, 0.3) is 0 Å². The van der Waals surface area contributed by atoms with Crippen LogP contribution in [0.15, 0.2) is 18.2 Å². The number of nitrogens with two attached hydrogens (primary N) is 1. The van der Waals surface area contributed by atoms with E-state index in [9.17, 15) is 19.2 Å². The molecule has 0 aliphatic rings. The topological polar surface area (TPSA) is 159 Å². The van der Waals surface area contributed by atoms with Crippen molar-refractivity contribution in [2.45, 2.75) is 104 Å². The van der Waals surface area contributed by atoms with Crippen molar-refractivity contribution in [2.24, 2.45) is 5.73 Å². The second kappa shape index (κ2) is 14.7. The third kappa shape index (κ3) is 13.0. The quantitative estimate of drug-likeness (QED) is 0.204. The summed E-state index contributed by atoms with van der Waals surface area (Å²) in [4.78, 5) is 49.2. The first-order valence-electron chi connectivity index (χ1n) is 13.0. The number of carbonyl (C=O) groups excluding carboxylic acids is 4. The van der Waals surface area contributed by atoms with Gasteiger partial charge < -0.3 is 38.9 Å². The Labute approximate surface area is 235 Å². The molecule has 1 aromatic rings. The summed E-state index contributed by atoms with van der Waals surface area (Å²) < 4.78 is 36.1. The third-order valence-electron chi connectivity index (χ3n) is 5.05. The van der Waals surface area contributed by atoms with E-state index in [0.717, 1.165) is 6.42 Å². The molecule has 226 valence electrons. The van der Waals surface area contributed by atoms with Crippen molar-refractivity contribution in [1.29, 1.82) is 0 Å². The lowest BCUT2D eigenvalue weighted by atomic mass is 9.88. The minimum absolute atomic E-state index is 0.102. The average molecular weight is 570 g/mol. The fourth-order valence-corrected chi connectivity index (χ4v) is 3.36. The molecule has 2 atom stereocenters. The van der Waals surface area contributed by atoms with Crippen molar-refractivity contribution in [3.05, 3.63) is 23.8 Å². The minimum atomic E-state index is -1.62. The molecule has 0 radical (unpaired) electrons. The number of benzene rings is 1. The molecule has 0 amide bonds. The van der Waals surface area contributed by atoms with Crippen LogP contribution < -0.4 is 15.2 Å². The molecular weight excluding hydrogens is 526 g/mol. The summed E-state index contributed by atoms with van der Waals surface area (Å²) in [5, 5.41) is 0. The van der Waals surface area contributed by atoms with Gasteiger partial charge in [-0.15, -0.1) is 0 Å². The Morgan fingerprint density at radius 3 is 1.93 bits per heavy atom. The van der Waals surface area contributed by atoms with Crippen LogP contribution in [-0.4, -0.2) is 61.0 Å². The lowest BCUT2D eigenvalue weighted by Gasteiger charge is -2.27. The molecule has 1 rings (SSSR count). The van der Waals surface area contributed by atoms with Gasteiger partial charge in [0.05, 0.1) is 13.7 Å². The summed E-state index contributed by atoms with van der Waals surface area (Å²) in [6, 6.07) is 4.25. The summed E-state index contributed by atoms with van der Waals surface area (Å²) in [7, 11) is 1.18. The summed E-state index contributed by atoms with van der Waals surface area (Å²) >= 11 is 0. The molecular formula is C28H43NO11. The van der Waals surface area contributed by atoms with Gasteiger partial charge in [-0.3, -0.25) is 4.79 Å². The SMILES string of the molecule is CCC[C@H](C)OC(=O)OCC[C@@](N)(Cc1ccc(OC(=O)OC(C)(C)C)c(OC(=O)OC(C)(C)C)c1)C(=O)OC. The molecule has 0 aliphatic carbocycles. The Hall–Kier alpha value is -3.54. The van der Waals surface area contributed by atoms with E-state index in [0.29, 0.717) is 12.0 Å². The smallest absolute Gasteiger partial charge is 0.468 e. The molecule has 0 saturated carbocycles.